The molecule has 17 heavy (non-hydrogen) atoms. The van der Waals surface area contributed by atoms with E-state index in [-0.39, 0.29) is 5.69 Å². The molecule has 1 aromatic rings. The van der Waals surface area contributed by atoms with Crippen LogP contribution in [0, 0.1) is 5.82 Å². The van der Waals surface area contributed by atoms with Crippen LogP contribution in [0.3, 0.4) is 0 Å². The second kappa shape index (κ2) is 5.04. The highest BCUT2D eigenvalue weighted by molar-refractivity contribution is 9.10. The fourth-order valence-corrected chi connectivity index (χ4v) is 1.84. The molecule has 0 aliphatic heterocycles. The second-order valence-corrected chi connectivity index (χ2v) is 5.46. The van der Waals surface area contributed by atoms with E-state index in [1.54, 1.807) is 32.9 Å². The van der Waals surface area contributed by atoms with Crippen molar-refractivity contribution in [3.63, 3.8) is 0 Å². The van der Waals surface area contributed by atoms with Crippen molar-refractivity contribution in [3.8, 4) is 0 Å². The Morgan fingerprint density at radius 1 is 1.41 bits per heavy atom. The SMILES string of the molecule is CN(C(=O)OC(C)(C)C)c1c(F)cccc1Br. The minimum Gasteiger partial charge on any atom is -0.443 e. The molecule has 94 valence electrons. The average Bonchev–Trinajstić information content (AvgIpc) is 2.14. The Hall–Kier alpha value is -1.10. The van der Waals surface area contributed by atoms with Crippen LogP contribution >= 0.6 is 15.9 Å². The van der Waals surface area contributed by atoms with E-state index in [0.29, 0.717) is 4.47 Å². The van der Waals surface area contributed by atoms with E-state index >= 15 is 0 Å². The summed E-state index contributed by atoms with van der Waals surface area (Å²) in [5.74, 6) is -0.479. The number of rotatable bonds is 1. The van der Waals surface area contributed by atoms with E-state index in [0.717, 1.165) is 4.90 Å². The first-order valence-electron chi connectivity index (χ1n) is 5.13. The van der Waals surface area contributed by atoms with Gasteiger partial charge in [-0.3, -0.25) is 4.90 Å². The molecule has 0 saturated heterocycles. The number of nitrogens with zero attached hydrogens (tertiary/aromatic N) is 1. The van der Waals surface area contributed by atoms with Crippen molar-refractivity contribution >= 4 is 27.7 Å². The summed E-state index contributed by atoms with van der Waals surface area (Å²) in [5, 5.41) is 0. The Morgan fingerprint density at radius 3 is 2.47 bits per heavy atom. The predicted octanol–water partition coefficient (Wildman–Crippen LogP) is 3.96. The van der Waals surface area contributed by atoms with Gasteiger partial charge in [-0.15, -0.1) is 0 Å². The molecule has 0 saturated carbocycles. The molecule has 0 aliphatic rings. The van der Waals surface area contributed by atoms with Gasteiger partial charge in [-0.1, -0.05) is 6.07 Å². The molecule has 5 heteroatoms. The highest BCUT2D eigenvalue weighted by Gasteiger charge is 2.23. The normalized spacial score (nSPS) is 11.2. The summed E-state index contributed by atoms with van der Waals surface area (Å²) in [4.78, 5) is 12.9. The smallest absolute Gasteiger partial charge is 0.414 e. The Kier molecular flexibility index (Phi) is 4.14. The van der Waals surface area contributed by atoms with Gasteiger partial charge < -0.3 is 4.74 Å². The maximum Gasteiger partial charge on any atom is 0.414 e. The van der Waals surface area contributed by atoms with Gasteiger partial charge in [0.2, 0.25) is 0 Å². The minimum absolute atomic E-state index is 0.168. The lowest BCUT2D eigenvalue weighted by atomic mass is 10.2. The Morgan fingerprint density at radius 2 is 2.00 bits per heavy atom. The molecule has 0 spiro atoms. The summed E-state index contributed by atoms with van der Waals surface area (Å²) in [6.07, 6.45) is -0.594. The molecular formula is C12H15BrFNO2. The van der Waals surface area contributed by atoms with Crippen LogP contribution < -0.4 is 4.90 Å². The molecule has 1 aromatic carbocycles. The minimum atomic E-state index is -0.608. The van der Waals surface area contributed by atoms with Crippen molar-refractivity contribution in [1.82, 2.24) is 0 Å². The van der Waals surface area contributed by atoms with Crippen LogP contribution in [0.1, 0.15) is 20.8 Å². The van der Waals surface area contributed by atoms with Crippen molar-refractivity contribution < 1.29 is 13.9 Å². The largest absolute Gasteiger partial charge is 0.443 e. The molecule has 1 rings (SSSR count). The van der Waals surface area contributed by atoms with E-state index in [4.69, 9.17) is 4.74 Å². The zero-order chi connectivity index (χ0) is 13.2. The average molecular weight is 304 g/mol. The fourth-order valence-electron chi connectivity index (χ4n) is 1.23. The number of hydrogen-bond acceptors (Lipinski definition) is 2. The first-order valence-corrected chi connectivity index (χ1v) is 5.92. The number of benzene rings is 1. The Labute approximate surface area is 109 Å². The Balaban J connectivity index is 2.97. The van der Waals surface area contributed by atoms with Crippen molar-refractivity contribution in [2.75, 3.05) is 11.9 Å². The zero-order valence-corrected chi connectivity index (χ0v) is 11.8. The predicted molar refractivity (Wildman–Crippen MR) is 68.7 cm³/mol. The highest BCUT2D eigenvalue weighted by atomic mass is 79.9. The van der Waals surface area contributed by atoms with Crippen molar-refractivity contribution in [2.45, 2.75) is 26.4 Å². The van der Waals surface area contributed by atoms with Gasteiger partial charge in [-0.05, 0) is 48.8 Å². The van der Waals surface area contributed by atoms with Crippen LogP contribution in [-0.2, 0) is 4.74 Å². The van der Waals surface area contributed by atoms with Gasteiger partial charge in [-0.25, -0.2) is 9.18 Å². The standard InChI is InChI=1S/C12H15BrFNO2/c1-12(2,3)17-11(16)15(4)10-8(13)6-5-7-9(10)14/h5-7H,1-4H3. The summed E-state index contributed by atoms with van der Waals surface area (Å²) in [6.45, 7) is 5.28. The molecule has 0 N–H and O–H groups in total. The van der Waals surface area contributed by atoms with Gasteiger partial charge in [0.05, 0.1) is 5.69 Å². The molecule has 0 fully saturated rings. The summed E-state index contributed by atoms with van der Waals surface area (Å²) < 4.78 is 19.3. The van der Waals surface area contributed by atoms with Crippen LogP contribution in [0.4, 0.5) is 14.9 Å². The molecule has 3 nitrogen and oxygen atoms in total. The lowest BCUT2D eigenvalue weighted by Gasteiger charge is -2.25. The number of carbonyl (C=O) groups excluding carboxylic acids is 1. The van der Waals surface area contributed by atoms with E-state index in [1.807, 2.05) is 0 Å². The monoisotopic (exact) mass is 303 g/mol. The quantitative estimate of drug-likeness (QED) is 0.786. The summed E-state index contributed by atoms with van der Waals surface area (Å²) >= 11 is 3.21. The van der Waals surface area contributed by atoms with Gasteiger partial charge >= 0.3 is 6.09 Å². The third-order valence-corrected chi connectivity index (χ3v) is 2.58. The molecule has 1 amide bonds. The molecule has 0 aliphatic carbocycles. The molecule has 0 unspecified atom stereocenters. The second-order valence-electron chi connectivity index (χ2n) is 4.61. The molecular weight excluding hydrogens is 289 g/mol. The molecule has 0 atom stereocenters. The third kappa shape index (κ3) is 3.70. The summed E-state index contributed by atoms with van der Waals surface area (Å²) in [7, 11) is 1.47. The van der Waals surface area contributed by atoms with Gasteiger partial charge in [0.1, 0.15) is 11.4 Å². The number of para-hydroxylation sites is 1. The first kappa shape index (κ1) is 14.0. The number of halogens is 2. The third-order valence-electron chi connectivity index (χ3n) is 1.94. The molecule has 0 bridgehead atoms. The highest BCUT2D eigenvalue weighted by Crippen LogP contribution is 2.29. The van der Waals surface area contributed by atoms with Crippen molar-refractivity contribution in [3.05, 3.63) is 28.5 Å². The molecule has 0 radical (unpaired) electrons. The number of hydrogen-bond donors (Lipinski definition) is 0. The van der Waals surface area contributed by atoms with E-state index in [1.165, 1.54) is 13.1 Å². The molecule has 0 aromatic heterocycles. The van der Waals surface area contributed by atoms with Gasteiger partial charge in [-0.2, -0.15) is 0 Å². The zero-order valence-electron chi connectivity index (χ0n) is 10.3. The number of amides is 1. The van der Waals surface area contributed by atoms with E-state index in [9.17, 15) is 9.18 Å². The van der Waals surface area contributed by atoms with Crippen LogP contribution in [-0.4, -0.2) is 18.7 Å². The van der Waals surface area contributed by atoms with Crippen molar-refractivity contribution in [1.29, 1.82) is 0 Å². The van der Waals surface area contributed by atoms with E-state index < -0.39 is 17.5 Å². The lowest BCUT2D eigenvalue weighted by molar-refractivity contribution is 0.0588. The van der Waals surface area contributed by atoms with Crippen LogP contribution in [0.15, 0.2) is 22.7 Å². The first-order chi connectivity index (χ1) is 7.72. The maximum absolute atomic E-state index is 13.6. The maximum atomic E-state index is 13.6. The van der Waals surface area contributed by atoms with E-state index in [2.05, 4.69) is 15.9 Å². The topological polar surface area (TPSA) is 29.5 Å². The fraction of sp³-hybridized carbons (Fsp3) is 0.417. The van der Waals surface area contributed by atoms with Crippen LogP contribution in [0.25, 0.3) is 0 Å². The Bertz CT molecular complexity index is 409. The van der Waals surface area contributed by atoms with Gasteiger partial charge in [0, 0.05) is 11.5 Å². The number of carbonyl (C=O) groups is 1. The van der Waals surface area contributed by atoms with Crippen LogP contribution in [0.2, 0.25) is 0 Å². The number of ether oxygens (including phenoxy) is 1. The lowest BCUT2D eigenvalue weighted by Crippen LogP contribution is -2.34. The van der Waals surface area contributed by atoms with Crippen LogP contribution in [0.5, 0.6) is 0 Å². The summed E-state index contributed by atoms with van der Waals surface area (Å²) in [5.41, 5.74) is -0.440. The van der Waals surface area contributed by atoms with Gasteiger partial charge in [0.15, 0.2) is 0 Å². The van der Waals surface area contributed by atoms with Gasteiger partial charge in [0.25, 0.3) is 0 Å². The number of anilines is 1. The summed E-state index contributed by atoms with van der Waals surface area (Å²) in [6, 6.07) is 4.52. The van der Waals surface area contributed by atoms with Crippen molar-refractivity contribution in [2.24, 2.45) is 0 Å². The molecule has 0 heterocycles.